The zero-order valence-corrected chi connectivity index (χ0v) is 18.3. The van der Waals surface area contributed by atoms with E-state index in [4.69, 9.17) is 7.48 Å². The minimum absolute atomic E-state index is 0.0383. The van der Waals surface area contributed by atoms with Crippen LogP contribution in [0.1, 0.15) is 106 Å². The van der Waals surface area contributed by atoms with E-state index in [2.05, 4.69) is 40.7 Å². The molecule has 1 fully saturated rings. The third-order valence-electron chi connectivity index (χ3n) is 7.03. The van der Waals surface area contributed by atoms with Gasteiger partial charge in [0.1, 0.15) is 17.1 Å². The molecule has 0 bridgehead atoms. The van der Waals surface area contributed by atoms with Crippen LogP contribution in [0.25, 0.3) is 0 Å². The van der Waals surface area contributed by atoms with Crippen LogP contribution < -0.4 is 4.74 Å². The second kappa shape index (κ2) is 8.26. The Bertz CT molecular complexity index is 761. The molecule has 0 saturated heterocycles. The van der Waals surface area contributed by atoms with Crippen LogP contribution in [0.3, 0.4) is 0 Å². The first-order chi connectivity index (χ1) is 13.9. The summed E-state index contributed by atoms with van der Waals surface area (Å²) in [5, 5.41) is 20.9. The fourth-order valence-corrected chi connectivity index (χ4v) is 5.12. The van der Waals surface area contributed by atoms with E-state index in [0.29, 0.717) is 18.6 Å². The third-order valence-corrected chi connectivity index (χ3v) is 7.03. The van der Waals surface area contributed by atoms with Gasteiger partial charge < -0.3 is 14.9 Å². The van der Waals surface area contributed by atoms with Crippen molar-refractivity contribution >= 4 is 0 Å². The molecule has 0 aromatic heterocycles. The minimum Gasteiger partial charge on any atom is -0.508 e. The molecule has 0 radical (unpaired) electrons. The molecule has 0 amide bonds. The maximum absolute atomic E-state index is 11.1. The van der Waals surface area contributed by atoms with Gasteiger partial charge in [0.05, 0.1) is 0 Å². The van der Waals surface area contributed by atoms with Crippen LogP contribution in [0.15, 0.2) is 12.1 Å². The third kappa shape index (κ3) is 4.20. The van der Waals surface area contributed by atoms with Crippen molar-refractivity contribution in [3.05, 3.63) is 23.3 Å². The number of aromatic hydroxyl groups is 1. The van der Waals surface area contributed by atoms with Crippen molar-refractivity contribution in [1.29, 1.82) is 0 Å². The Hall–Kier alpha value is -1.22. The highest BCUT2D eigenvalue weighted by atomic mass is 16.5. The minimum atomic E-state index is -1.20. The summed E-state index contributed by atoms with van der Waals surface area (Å²) < 4.78 is 23.5. The number of phenols is 1. The molecule has 3 heteroatoms. The first-order valence-corrected chi connectivity index (χ1v) is 11.0. The highest BCUT2D eigenvalue weighted by Crippen LogP contribution is 2.56. The zero-order chi connectivity index (χ0) is 22.3. The van der Waals surface area contributed by atoms with Crippen molar-refractivity contribution in [1.82, 2.24) is 0 Å². The van der Waals surface area contributed by atoms with E-state index < -0.39 is 17.9 Å². The molecule has 3 rings (SSSR count). The normalized spacial score (nSPS) is 32.6. The van der Waals surface area contributed by atoms with Gasteiger partial charge in [-0.15, -0.1) is 0 Å². The summed E-state index contributed by atoms with van der Waals surface area (Å²) in [6, 6.07) is 3.97. The second-order valence-electron chi connectivity index (χ2n) is 9.98. The maximum atomic E-state index is 11.1. The van der Waals surface area contributed by atoms with E-state index >= 15 is 0 Å². The molecule has 1 aliphatic heterocycles. The van der Waals surface area contributed by atoms with Gasteiger partial charge >= 0.3 is 0 Å². The molecule has 1 aromatic carbocycles. The summed E-state index contributed by atoms with van der Waals surface area (Å²) in [6.45, 7) is 10.4. The first-order valence-electron chi connectivity index (χ1n) is 12.1. The van der Waals surface area contributed by atoms with Gasteiger partial charge in [-0.05, 0) is 74.4 Å². The predicted octanol–water partition coefficient (Wildman–Crippen LogP) is 6.30. The fourth-order valence-electron chi connectivity index (χ4n) is 5.12. The van der Waals surface area contributed by atoms with E-state index in [1.807, 2.05) is 6.07 Å². The highest BCUT2D eigenvalue weighted by molar-refractivity contribution is 5.53. The van der Waals surface area contributed by atoms with Crippen LogP contribution in [0.4, 0.5) is 0 Å². The van der Waals surface area contributed by atoms with Crippen molar-refractivity contribution in [3.63, 3.8) is 0 Å². The number of fused-ring (bicyclic) bond motifs is 3. The average Bonchev–Trinajstić information content (AvgIpc) is 2.66. The van der Waals surface area contributed by atoms with E-state index in [1.54, 1.807) is 0 Å². The van der Waals surface area contributed by atoms with Gasteiger partial charge in [-0.2, -0.15) is 0 Å². The number of aliphatic hydroxyl groups excluding tert-OH is 1. The summed E-state index contributed by atoms with van der Waals surface area (Å²) in [7, 11) is 0. The SMILES string of the molecule is [3H]C1CC2[C@@H](CC1([3H])CO)c1c(O)cc(C(C)(C)CCCCCC)cc1OC2(C)C. The Labute approximate surface area is 174 Å². The summed E-state index contributed by atoms with van der Waals surface area (Å²) in [6.07, 6.45) is 6.13. The molecule has 2 aliphatic rings. The first kappa shape index (κ1) is 18.8. The Balaban J connectivity index is 1.96. The number of aliphatic hydroxyl groups is 1. The molecule has 158 valence electrons. The van der Waals surface area contributed by atoms with Crippen LogP contribution in [0.5, 0.6) is 11.5 Å². The van der Waals surface area contributed by atoms with Crippen LogP contribution in [-0.4, -0.2) is 22.4 Å². The lowest BCUT2D eigenvalue weighted by molar-refractivity contribution is -0.0211. The Morgan fingerprint density at radius 3 is 2.71 bits per heavy atom. The molecule has 1 aliphatic carbocycles. The topological polar surface area (TPSA) is 49.7 Å². The van der Waals surface area contributed by atoms with Crippen LogP contribution in [0, 0.1) is 11.8 Å². The molecule has 1 saturated carbocycles. The van der Waals surface area contributed by atoms with Gasteiger partial charge in [-0.3, -0.25) is 0 Å². The average molecular weight is 393 g/mol. The summed E-state index contributed by atoms with van der Waals surface area (Å²) in [4.78, 5) is 0. The van der Waals surface area contributed by atoms with Crippen molar-refractivity contribution in [2.45, 2.75) is 103 Å². The van der Waals surface area contributed by atoms with Crippen LogP contribution in [-0.2, 0) is 5.41 Å². The van der Waals surface area contributed by atoms with Gasteiger partial charge in [0.25, 0.3) is 0 Å². The fraction of sp³-hybridized carbons (Fsp3) is 0.760. The van der Waals surface area contributed by atoms with Gasteiger partial charge in [0, 0.05) is 20.8 Å². The summed E-state index contributed by atoms with van der Waals surface area (Å²) >= 11 is 0. The van der Waals surface area contributed by atoms with Gasteiger partial charge in [-0.25, -0.2) is 0 Å². The Morgan fingerprint density at radius 1 is 1.29 bits per heavy atom. The molecule has 1 heterocycles. The Kier molecular flexibility index (Phi) is 5.54. The monoisotopic (exact) mass is 392 g/mol. The van der Waals surface area contributed by atoms with Gasteiger partial charge in [0.15, 0.2) is 0 Å². The largest absolute Gasteiger partial charge is 0.508 e. The number of rotatable bonds is 7. The molecule has 2 N–H and O–H groups in total. The zero-order valence-electron chi connectivity index (χ0n) is 20.3. The van der Waals surface area contributed by atoms with Crippen LogP contribution >= 0.6 is 0 Å². The Morgan fingerprint density at radius 2 is 2.04 bits per heavy atom. The van der Waals surface area contributed by atoms with Crippen molar-refractivity contribution in [2.24, 2.45) is 11.8 Å². The molecular formula is C25H40O3. The van der Waals surface area contributed by atoms with E-state index in [-0.39, 0.29) is 29.6 Å². The standard InChI is InChI=1S/C25H40O3/c1-6-7-8-9-12-24(2,3)18-14-21(27)23-19-13-17(16-26)10-11-20(19)25(4,5)28-22(23)15-18/h14-15,17,19-20,26-27H,6-13,16H2,1-5H3/t17?,19-,20?/m1/s1/i10T,17T/t10?,17?,19-,20?. The highest BCUT2D eigenvalue weighted by Gasteiger charge is 2.47. The van der Waals surface area contributed by atoms with Gasteiger partial charge in [-0.1, -0.05) is 46.5 Å². The van der Waals surface area contributed by atoms with Crippen LogP contribution in [0.2, 0.25) is 0 Å². The van der Waals surface area contributed by atoms with Crippen molar-refractivity contribution in [2.75, 3.05) is 6.61 Å². The molecule has 1 aromatic rings. The lowest BCUT2D eigenvalue weighted by Crippen LogP contribution is -2.47. The smallest absolute Gasteiger partial charge is 0.127 e. The molecule has 3 nitrogen and oxygen atoms in total. The van der Waals surface area contributed by atoms with Gasteiger partial charge in [0.2, 0.25) is 0 Å². The molecular weight excluding hydrogens is 348 g/mol. The van der Waals surface area contributed by atoms with E-state index in [9.17, 15) is 10.2 Å². The lowest BCUT2D eigenvalue weighted by atomic mass is 9.63. The number of ether oxygens (including phenoxy) is 1. The lowest BCUT2D eigenvalue weighted by Gasteiger charge is -2.49. The predicted molar refractivity (Wildman–Crippen MR) is 115 cm³/mol. The van der Waals surface area contributed by atoms with Crippen molar-refractivity contribution < 1.29 is 17.7 Å². The van der Waals surface area contributed by atoms with E-state index in [1.165, 1.54) is 25.7 Å². The molecule has 28 heavy (non-hydrogen) atoms. The number of phenolic OH excluding ortho intramolecular Hbond substituents is 1. The quantitative estimate of drug-likeness (QED) is 0.535. The van der Waals surface area contributed by atoms with Crippen molar-refractivity contribution in [3.8, 4) is 11.5 Å². The number of unbranched alkanes of at least 4 members (excludes halogenated alkanes) is 3. The van der Waals surface area contributed by atoms with E-state index in [0.717, 1.165) is 17.5 Å². The second-order valence-corrected chi connectivity index (χ2v) is 9.98. The number of hydrogen-bond donors (Lipinski definition) is 2. The molecule has 4 atom stereocenters. The molecule has 0 spiro atoms. The number of hydrogen-bond acceptors (Lipinski definition) is 3. The number of benzene rings is 1. The summed E-state index contributed by atoms with van der Waals surface area (Å²) in [5.74, 6) is -0.303. The summed E-state index contributed by atoms with van der Waals surface area (Å²) in [5.41, 5.74) is 1.30. The molecule has 3 unspecified atom stereocenters. The maximum Gasteiger partial charge on any atom is 0.127 e.